The van der Waals surface area contributed by atoms with Crippen LogP contribution in [0.1, 0.15) is 11.1 Å². The van der Waals surface area contributed by atoms with Crippen molar-refractivity contribution < 1.29 is 19.0 Å². The van der Waals surface area contributed by atoms with Crippen LogP contribution in [0.25, 0.3) is 0 Å². The van der Waals surface area contributed by atoms with Crippen molar-refractivity contribution in [3.05, 3.63) is 59.7 Å². The Kier molecular flexibility index (Phi) is 5.85. The van der Waals surface area contributed by atoms with E-state index in [4.69, 9.17) is 14.2 Å². The fourth-order valence-electron chi connectivity index (χ4n) is 4.28. The summed E-state index contributed by atoms with van der Waals surface area (Å²) in [5.74, 6) is 0.903. The lowest BCUT2D eigenvalue weighted by molar-refractivity contribution is -0.136. The number of aryl methyl sites for hydroxylation is 1. The van der Waals surface area contributed by atoms with Crippen molar-refractivity contribution in [2.45, 2.75) is 19.1 Å². The maximum absolute atomic E-state index is 12.6. The first kappa shape index (κ1) is 19.9. The van der Waals surface area contributed by atoms with Gasteiger partial charge in [0, 0.05) is 30.9 Å². The van der Waals surface area contributed by atoms with Gasteiger partial charge in [0.1, 0.15) is 18.0 Å². The van der Waals surface area contributed by atoms with Crippen molar-refractivity contribution in [3.8, 4) is 5.75 Å². The van der Waals surface area contributed by atoms with E-state index in [1.54, 1.807) is 12.0 Å². The third-order valence-electron chi connectivity index (χ3n) is 5.62. The van der Waals surface area contributed by atoms with Gasteiger partial charge in [0.25, 0.3) is 5.91 Å². The summed E-state index contributed by atoms with van der Waals surface area (Å²) in [5.41, 5.74) is 2.63. The largest absolute Gasteiger partial charge is 0.496 e. The number of methoxy groups -OCH3 is 1. The van der Waals surface area contributed by atoms with E-state index in [1.165, 1.54) is 0 Å². The minimum Gasteiger partial charge on any atom is -0.496 e. The lowest BCUT2D eigenvalue weighted by Gasteiger charge is -2.43. The Bertz CT molecular complexity index is 857. The molecular weight excluding hydrogens is 368 g/mol. The summed E-state index contributed by atoms with van der Waals surface area (Å²) < 4.78 is 17.6. The molecule has 0 aliphatic carbocycles. The minimum atomic E-state index is -0.544. The van der Waals surface area contributed by atoms with E-state index in [1.807, 2.05) is 30.3 Å². The Morgan fingerprint density at radius 2 is 1.93 bits per heavy atom. The fourth-order valence-corrected chi connectivity index (χ4v) is 4.28. The van der Waals surface area contributed by atoms with Gasteiger partial charge in [-0.2, -0.15) is 0 Å². The Morgan fingerprint density at radius 1 is 1.10 bits per heavy atom. The highest BCUT2D eigenvalue weighted by Crippen LogP contribution is 2.29. The molecule has 0 aromatic heterocycles. The molecule has 2 heterocycles. The molecule has 2 aromatic rings. The normalized spacial score (nSPS) is 23.2. The Balaban J connectivity index is 1.54. The molecule has 1 atom stereocenters. The standard InChI is InChI=1S/C23H28N2O4/c1-18-7-6-8-19(22(18)27-2)13-24-11-12-29-23(15-24)16-25(21(26)14-28-17-23)20-9-4-3-5-10-20/h3-10H,11-17H2,1-2H3. The van der Waals surface area contributed by atoms with Gasteiger partial charge in [-0.15, -0.1) is 0 Å². The van der Waals surface area contributed by atoms with Gasteiger partial charge in [-0.25, -0.2) is 0 Å². The number of amides is 1. The zero-order valence-corrected chi connectivity index (χ0v) is 17.1. The Labute approximate surface area is 172 Å². The summed E-state index contributed by atoms with van der Waals surface area (Å²) in [6, 6.07) is 16.0. The summed E-state index contributed by atoms with van der Waals surface area (Å²) in [4.78, 5) is 16.8. The average Bonchev–Trinajstić information content (AvgIpc) is 2.88. The molecule has 0 N–H and O–H groups in total. The maximum atomic E-state index is 12.6. The third-order valence-corrected chi connectivity index (χ3v) is 5.62. The monoisotopic (exact) mass is 396 g/mol. The predicted octanol–water partition coefficient (Wildman–Crippen LogP) is 2.64. The second-order valence-corrected chi connectivity index (χ2v) is 7.82. The van der Waals surface area contributed by atoms with Crippen LogP contribution in [0.3, 0.4) is 0 Å². The molecule has 2 saturated heterocycles. The molecule has 2 aromatic carbocycles. The van der Waals surface area contributed by atoms with Gasteiger partial charge in [0.2, 0.25) is 0 Å². The summed E-state index contributed by atoms with van der Waals surface area (Å²) in [6.07, 6.45) is 0. The Morgan fingerprint density at radius 3 is 2.72 bits per heavy atom. The predicted molar refractivity (Wildman–Crippen MR) is 111 cm³/mol. The van der Waals surface area contributed by atoms with Crippen LogP contribution in [0, 0.1) is 6.92 Å². The zero-order chi connectivity index (χ0) is 20.3. The first-order valence-electron chi connectivity index (χ1n) is 10.0. The van der Waals surface area contributed by atoms with Gasteiger partial charge >= 0.3 is 0 Å². The number of hydrogen-bond acceptors (Lipinski definition) is 5. The maximum Gasteiger partial charge on any atom is 0.253 e. The van der Waals surface area contributed by atoms with Crippen LogP contribution in [-0.2, 0) is 20.8 Å². The molecule has 0 saturated carbocycles. The number of carbonyl (C=O) groups excluding carboxylic acids is 1. The molecule has 6 nitrogen and oxygen atoms in total. The van der Waals surface area contributed by atoms with Gasteiger partial charge < -0.3 is 19.1 Å². The second-order valence-electron chi connectivity index (χ2n) is 7.82. The van der Waals surface area contributed by atoms with Crippen LogP contribution in [0.5, 0.6) is 5.75 Å². The van der Waals surface area contributed by atoms with Gasteiger partial charge in [-0.3, -0.25) is 9.69 Å². The number of rotatable bonds is 4. The van der Waals surface area contributed by atoms with Crippen LogP contribution in [0.4, 0.5) is 5.69 Å². The van der Waals surface area contributed by atoms with Crippen molar-refractivity contribution >= 4 is 11.6 Å². The van der Waals surface area contributed by atoms with Crippen LogP contribution in [0.2, 0.25) is 0 Å². The highest BCUT2D eigenvalue weighted by atomic mass is 16.5. The van der Waals surface area contributed by atoms with Crippen molar-refractivity contribution in [2.75, 3.05) is 51.5 Å². The van der Waals surface area contributed by atoms with E-state index >= 15 is 0 Å². The topological polar surface area (TPSA) is 51.2 Å². The van der Waals surface area contributed by atoms with Gasteiger partial charge in [-0.1, -0.05) is 36.4 Å². The summed E-state index contributed by atoms with van der Waals surface area (Å²) >= 11 is 0. The van der Waals surface area contributed by atoms with Crippen molar-refractivity contribution in [1.82, 2.24) is 4.90 Å². The summed E-state index contributed by atoms with van der Waals surface area (Å²) in [5, 5.41) is 0. The lowest BCUT2D eigenvalue weighted by Crippen LogP contribution is -2.59. The number of carbonyl (C=O) groups is 1. The van der Waals surface area contributed by atoms with E-state index in [-0.39, 0.29) is 12.5 Å². The molecule has 1 unspecified atom stereocenters. The van der Waals surface area contributed by atoms with E-state index < -0.39 is 5.60 Å². The number of nitrogens with zero attached hydrogens (tertiary/aromatic N) is 2. The SMILES string of the molecule is COc1c(C)cccc1CN1CCOC2(COCC(=O)N(c3ccccc3)C2)C1. The molecule has 4 rings (SSSR count). The smallest absolute Gasteiger partial charge is 0.253 e. The Hall–Kier alpha value is -2.41. The molecule has 0 radical (unpaired) electrons. The molecule has 0 bridgehead atoms. The minimum absolute atomic E-state index is 0.0332. The molecule has 29 heavy (non-hydrogen) atoms. The average molecular weight is 396 g/mol. The molecule has 1 spiro atoms. The van der Waals surface area contributed by atoms with Gasteiger partial charge in [0.15, 0.2) is 0 Å². The quantitative estimate of drug-likeness (QED) is 0.795. The number of morpholine rings is 1. The molecule has 1 amide bonds. The zero-order valence-electron chi connectivity index (χ0n) is 17.1. The fraction of sp³-hybridized carbons (Fsp3) is 0.435. The van der Waals surface area contributed by atoms with Crippen molar-refractivity contribution in [2.24, 2.45) is 0 Å². The molecule has 2 fully saturated rings. The van der Waals surface area contributed by atoms with E-state index in [9.17, 15) is 4.79 Å². The van der Waals surface area contributed by atoms with Crippen LogP contribution >= 0.6 is 0 Å². The van der Waals surface area contributed by atoms with Crippen molar-refractivity contribution in [1.29, 1.82) is 0 Å². The van der Waals surface area contributed by atoms with Crippen molar-refractivity contribution in [3.63, 3.8) is 0 Å². The number of para-hydroxylation sites is 2. The molecular formula is C23H28N2O4. The van der Waals surface area contributed by atoms with Crippen LogP contribution < -0.4 is 9.64 Å². The van der Waals surface area contributed by atoms with Crippen LogP contribution in [-0.4, -0.2) is 63.0 Å². The van der Waals surface area contributed by atoms with Gasteiger partial charge in [-0.05, 0) is 24.6 Å². The summed E-state index contributed by atoms with van der Waals surface area (Å²) in [6.45, 7) is 5.93. The second kappa shape index (κ2) is 8.53. The highest BCUT2D eigenvalue weighted by Gasteiger charge is 2.42. The van der Waals surface area contributed by atoms with Gasteiger partial charge in [0.05, 0.1) is 26.9 Å². The number of ether oxygens (including phenoxy) is 3. The third kappa shape index (κ3) is 4.29. The summed E-state index contributed by atoms with van der Waals surface area (Å²) in [7, 11) is 1.72. The molecule has 2 aliphatic heterocycles. The number of benzene rings is 2. The lowest BCUT2D eigenvalue weighted by atomic mass is 10.00. The molecule has 154 valence electrons. The highest BCUT2D eigenvalue weighted by molar-refractivity contribution is 5.94. The van der Waals surface area contributed by atoms with E-state index in [0.717, 1.165) is 35.7 Å². The number of anilines is 1. The first-order valence-corrected chi connectivity index (χ1v) is 10.0. The van der Waals surface area contributed by atoms with E-state index in [2.05, 4.69) is 30.0 Å². The van der Waals surface area contributed by atoms with E-state index in [0.29, 0.717) is 26.3 Å². The van der Waals surface area contributed by atoms with Crippen LogP contribution in [0.15, 0.2) is 48.5 Å². The first-order chi connectivity index (χ1) is 14.1. The molecule has 2 aliphatic rings. The number of hydrogen-bond donors (Lipinski definition) is 0. The molecule has 6 heteroatoms.